The molecule has 1 aromatic carbocycles. The highest BCUT2D eigenvalue weighted by atomic mass is 16.5. The van der Waals surface area contributed by atoms with E-state index in [2.05, 4.69) is 5.32 Å². The Morgan fingerprint density at radius 2 is 2.18 bits per heavy atom. The number of carbonyl (C=O) groups is 2. The molecule has 0 bridgehead atoms. The van der Waals surface area contributed by atoms with Gasteiger partial charge < -0.3 is 15.0 Å². The number of para-hydroxylation sites is 1. The second-order valence-electron chi connectivity index (χ2n) is 5.72. The Kier molecular flexibility index (Phi) is 5.41. The Bertz CT molecular complexity index is 544. The average molecular weight is 304 g/mol. The Hall–Kier alpha value is -2.04. The normalized spacial score (nSPS) is 19.7. The number of piperidine rings is 1. The SMILES string of the molecule is CC[C@@H](NC(=O)[C@@H]1CCN(C)C(=O)C1)c1ccccc1OC. The number of carbonyl (C=O) groups excluding carboxylic acids is 2. The summed E-state index contributed by atoms with van der Waals surface area (Å²) in [6.45, 7) is 2.67. The molecule has 1 aromatic rings. The molecule has 0 radical (unpaired) electrons. The van der Waals surface area contributed by atoms with E-state index in [0.717, 1.165) is 24.2 Å². The van der Waals surface area contributed by atoms with E-state index < -0.39 is 0 Å². The molecule has 1 saturated heterocycles. The predicted molar refractivity (Wildman–Crippen MR) is 84.5 cm³/mol. The minimum Gasteiger partial charge on any atom is -0.496 e. The Labute approximate surface area is 131 Å². The lowest BCUT2D eigenvalue weighted by Gasteiger charge is -2.29. The van der Waals surface area contributed by atoms with Gasteiger partial charge in [-0.25, -0.2) is 0 Å². The highest BCUT2D eigenvalue weighted by Crippen LogP contribution is 2.28. The second-order valence-corrected chi connectivity index (χ2v) is 5.72. The largest absolute Gasteiger partial charge is 0.496 e. The van der Waals surface area contributed by atoms with Gasteiger partial charge in [0.05, 0.1) is 13.2 Å². The number of benzene rings is 1. The number of ether oxygens (including phenoxy) is 1. The van der Waals surface area contributed by atoms with E-state index in [-0.39, 0.29) is 23.8 Å². The molecule has 1 fully saturated rings. The van der Waals surface area contributed by atoms with Gasteiger partial charge in [-0.05, 0) is 18.9 Å². The molecule has 0 aliphatic carbocycles. The second kappa shape index (κ2) is 7.29. The molecular formula is C17H24N2O3. The zero-order chi connectivity index (χ0) is 16.1. The molecule has 5 heteroatoms. The van der Waals surface area contributed by atoms with E-state index in [1.807, 2.05) is 31.2 Å². The van der Waals surface area contributed by atoms with Crippen molar-refractivity contribution in [2.75, 3.05) is 20.7 Å². The van der Waals surface area contributed by atoms with E-state index in [4.69, 9.17) is 4.74 Å². The maximum absolute atomic E-state index is 12.5. The summed E-state index contributed by atoms with van der Waals surface area (Å²) in [5, 5.41) is 3.07. The first-order valence-electron chi connectivity index (χ1n) is 7.74. The van der Waals surface area contributed by atoms with Crippen molar-refractivity contribution in [3.8, 4) is 5.75 Å². The zero-order valence-corrected chi connectivity index (χ0v) is 13.5. The molecule has 2 rings (SSSR count). The molecule has 0 saturated carbocycles. The standard InChI is InChI=1S/C17H24N2O3/c1-4-14(13-7-5-6-8-15(13)22-3)18-17(21)12-9-10-19(2)16(20)11-12/h5-8,12,14H,4,9-11H2,1-3H3,(H,18,21)/t12-,14-/m1/s1. The van der Waals surface area contributed by atoms with E-state index in [0.29, 0.717) is 13.0 Å². The molecule has 0 unspecified atom stereocenters. The summed E-state index contributed by atoms with van der Waals surface area (Å²) in [5.74, 6) is 0.539. The first-order valence-corrected chi connectivity index (χ1v) is 7.74. The van der Waals surface area contributed by atoms with Crippen molar-refractivity contribution in [1.29, 1.82) is 0 Å². The summed E-state index contributed by atoms with van der Waals surface area (Å²) in [6.07, 6.45) is 1.79. The molecule has 2 amide bonds. The number of likely N-dealkylation sites (tertiary alicyclic amines) is 1. The van der Waals surface area contributed by atoms with Gasteiger partial charge in [-0.2, -0.15) is 0 Å². The van der Waals surface area contributed by atoms with Gasteiger partial charge >= 0.3 is 0 Å². The van der Waals surface area contributed by atoms with Crippen LogP contribution in [0.4, 0.5) is 0 Å². The summed E-state index contributed by atoms with van der Waals surface area (Å²) >= 11 is 0. The molecule has 1 aliphatic rings. The highest BCUT2D eigenvalue weighted by molar-refractivity contribution is 5.87. The van der Waals surface area contributed by atoms with Crippen LogP contribution in [0.25, 0.3) is 0 Å². The van der Waals surface area contributed by atoms with Gasteiger partial charge in [-0.1, -0.05) is 25.1 Å². The van der Waals surface area contributed by atoms with E-state index in [1.165, 1.54) is 0 Å². The molecular weight excluding hydrogens is 280 g/mol. The van der Waals surface area contributed by atoms with E-state index in [1.54, 1.807) is 19.1 Å². The molecule has 5 nitrogen and oxygen atoms in total. The van der Waals surface area contributed by atoms with E-state index in [9.17, 15) is 9.59 Å². The summed E-state index contributed by atoms with van der Waals surface area (Å²) < 4.78 is 5.37. The number of nitrogens with one attached hydrogen (secondary N) is 1. The number of rotatable bonds is 5. The summed E-state index contributed by atoms with van der Waals surface area (Å²) in [5.41, 5.74) is 0.972. The van der Waals surface area contributed by atoms with Gasteiger partial charge in [0.15, 0.2) is 0 Å². The first-order chi connectivity index (χ1) is 10.6. The monoisotopic (exact) mass is 304 g/mol. The first kappa shape index (κ1) is 16.3. The van der Waals surface area contributed by atoms with Crippen molar-refractivity contribution < 1.29 is 14.3 Å². The van der Waals surface area contributed by atoms with Gasteiger partial charge in [0, 0.05) is 31.5 Å². The lowest BCUT2D eigenvalue weighted by atomic mass is 9.94. The van der Waals surface area contributed by atoms with Crippen molar-refractivity contribution in [3.05, 3.63) is 29.8 Å². The van der Waals surface area contributed by atoms with Gasteiger partial charge in [-0.15, -0.1) is 0 Å². The summed E-state index contributed by atoms with van der Waals surface area (Å²) in [7, 11) is 3.41. The number of amides is 2. The zero-order valence-electron chi connectivity index (χ0n) is 13.5. The van der Waals surface area contributed by atoms with E-state index >= 15 is 0 Å². The fraction of sp³-hybridized carbons (Fsp3) is 0.529. The van der Waals surface area contributed by atoms with Crippen LogP contribution in [0.1, 0.15) is 37.8 Å². The molecule has 0 aromatic heterocycles. The fourth-order valence-corrected chi connectivity index (χ4v) is 2.81. The van der Waals surface area contributed by atoms with Gasteiger partial charge in [0.2, 0.25) is 11.8 Å². The van der Waals surface area contributed by atoms with Crippen LogP contribution >= 0.6 is 0 Å². The van der Waals surface area contributed by atoms with Crippen molar-refractivity contribution in [1.82, 2.24) is 10.2 Å². The third-order valence-electron chi connectivity index (χ3n) is 4.27. The topological polar surface area (TPSA) is 58.6 Å². The highest BCUT2D eigenvalue weighted by Gasteiger charge is 2.30. The van der Waals surface area contributed by atoms with Gasteiger partial charge in [0.1, 0.15) is 5.75 Å². The molecule has 1 N–H and O–H groups in total. The third-order valence-corrected chi connectivity index (χ3v) is 4.27. The van der Waals surface area contributed by atoms with Gasteiger partial charge in [-0.3, -0.25) is 9.59 Å². The molecule has 22 heavy (non-hydrogen) atoms. The molecule has 1 aliphatic heterocycles. The van der Waals surface area contributed by atoms with Crippen LogP contribution in [0.3, 0.4) is 0 Å². The lowest BCUT2D eigenvalue weighted by molar-refractivity contribution is -0.139. The summed E-state index contributed by atoms with van der Waals surface area (Å²) in [6, 6.07) is 7.60. The predicted octanol–water partition coefficient (Wildman–Crippen LogP) is 2.13. The number of nitrogens with zero attached hydrogens (tertiary/aromatic N) is 1. The molecule has 1 heterocycles. The minimum atomic E-state index is -0.229. The van der Waals surface area contributed by atoms with Crippen LogP contribution in [0.5, 0.6) is 5.75 Å². The van der Waals surface area contributed by atoms with Crippen molar-refractivity contribution in [3.63, 3.8) is 0 Å². The quantitative estimate of drug-likeness (QED) is 0.906. The summed E-state index contributed by atoms with van der Waals surface area (Å²) in [4.78, 5) is 25.9. The average Bonchev–Trinajstić information content (AvgIpc) is 2.54. The van der Waals surface area contributed by atoms with Crippen LogP contribution in [0, 0.1) is 5.92 Å². The minimum absolute atomic E-state index is 0.0386. The third kappa shape index (κ3) is 3.59. The Balaban J connectivity index is 2.07. The van der Waals surface area contributed by atoms with Crippen LogP contribution in [-0.4, -0.2) is 37.4 Å². The van der Waals surface area contributed by atoms with Crippen molar-refractivity contribution in [2.45, 2.75) is 32.2 Å². The molecule has 2 atom stereocenters. The smallest absolute Gasteiger partial charge is 0.224 e. The number of hydrogen-bond acceptors (Lipinski definition) is 3. The Morgan fingerprint density at radius 3 is 2.82 bits per heavy atom. The maximum Gasteiger partial charge on any atom is 0.224 e. The lowest BCUT2D eigenvalue weighted by Crippen LogP contribution is -2.42. The Morgan fingerprint density at radius 1 is 1.45 bits per heavy atom. The van der Waals surface area contributed by atoms with Gasteiger partial charge in [0.25, 0.3) is 0 Å². The number of hydrogen-bond donors (Lipinski definition) is 1. The van der Waals surface area contributed by atoms with Crippen LogP contribution in [0.2, 0.25) is 0 Å². The number of methoxy groups -OCH3 is 1. The fourth-order valence-electron chi connectivity index (χ4n) is 2.81. The van der Waals surface area contributed by atoms with Crippen LogP contribution in [-0.2, 0) is 9.59 Å². The molecule has 0 spiro atoms. The van der Waals surface area contributed by atoms with Crippen LogP contribution < -0.4 is 10.1 Å². The molecule has 120 valence electrons. The maximum atomic E-state index is 12.5. The van der Waals surface area contributed by atoms with Crippen molar-refractivity contribution in [2.24, 2.45) is 5.92 Å². The van der Waals surface area contributed by atoms with Crippen LogP contribution in [0.15, 0.2) is 24.3 Å². The van der Waals surface area contributed by atoms with Crippen molar-refractivity contribution >= 4 is 11.8 Å².